The minimum absolute atomic E-state index is 0.166. The number of benzene rings is 1. The van der Waals surface area contributed by atoms with Crippen LogP contribution in [0.3, 0.4) is 0 Å². The molecule has 208 valence electrons. The molecule has 2 aromatic rings. The number of hydrogen-bond acceptors (Lipinski definition) is 5. The highest BCUT2D eigenvalue weighted by atomic mass is 28.3. The van der Waals surface area contributed by atoms with Crippen LogP contribution in [0.25, 0.3) is 5.57 Å². The fraction of sp³-hybridized carbons (Fsp3) is 0.548. The van der Waals surface area contributed by atoms with Gasteiger partial charge in [-0.2, -0.15) is 5.26 Å². The number of hydrogen-bond donors (Lipinski definition) is 1. The lowest BCUT2D eigenvalue weighted by molar-refractivity contribution is -0.120. The number of Topliss-reactive ketones (excluding diaryl/α,β-unsaturated/α-hetero) is 1. The molecule has 2 aliphatic rings. The van der Waals surface area contributed by atoms with Gasteiger partial charge in [0, 0.05) is 45.0 Å². The van der Waals surface area contributed by atoms with Gasteiger partial charge in [0.25, 0.3) is 5.91 Å². The molecule has 0 bridgehead atoms. The van der Waals surface area contributed by atoms with Gasteiger partial charge in [0.05, 0.1) is 0 Å². The Morgan fingerprint density at radius 3 is 2.62 bits per heavy atom. The van der Waals surface area contributed by atoms with Crippen molar-refractivity contribution in [2.24, 2.45) is 5.41 Å². The second kappa shape index (κ2) is 12.0. The third kappa shape index (κ3) is 7.77. The standard InChI is InChI=1S/C31H42N4O3Si/c1-31(2)14-12-23(13-15-31)27-18-24(22-6-9-26(36)10-7-22)8-11-28(27)34-30(37)29-33-25(19-32)20-35(29)21-38-16-17-39(3,4)5/h8,11-12,18,20,22H,6-7,9-10,13-17,21H2,1-5H3,(H,34,37). The van der Waals surface area contributed by atoms with E-state index in [-0.39, 0.29) is 29.6 Å². The summed E-state index contributed by atoms with van der Waals surface area (Å²) in [5.41, 5.74) is 4.71. The van der Waals surface area contributed by atoms with Gasteiger partial charge in [-0.15, -0.1) is 0 Å². The summed E-state index contributed by atoms with van der Waals surface area (Å²) in [5.74, 6) is 0.514. The molecule has 1 heterocycles. The van der Waals surface area contributed by atoms with Crippen LogP contribution in [0.1, 0.15) is 92.2 Å². The Bertz CT molecular complexity index is 1290. The lowest BCUT2D eigenvalue weighted by atomic mass is 9.76. The van der Waals surface area contributed by atoms with E-state index in [9.17, 15) is 14.9 Å². The molecule has 0 atom stereocenters. The third-order valence-electron chi connectivity index (χ3n) is 7.95. The summed E-state index contributed by atoms with van der Waals surface area (Å²) in [6, 6.07) is 9.35. The quantitative estimate of drug-likeness (QED) is 0.266. The van der Waals surface area contributed by atoms with Crippen molar-refractivity contribution in [2.45, 2.75) is 97.1 Å². The van der Waals surface area contributed by atoms with Crippen LogP contribution >= 0.6 is 0 Å². The lowest BCUT2D eigenvalue weighted by Gasteiger charge is -2.30. The van der Waals surface area contributed by atoms with Crippen LogP contribution in [-0.4, -0.2) is 35.9 Å². The van der Waals surface area contributed by atoms with Crippen molar-refractivity contribution >= 4 is 31.0 Å². The summed E-state index contributed by atoms with van der Waals surface area (Å²) in [5, 5.41) is 12.5. The van der Waals surface area contributed by atoms with Gasteiger partial charge < -0.3 is 14.6 Å². The van der Waals surface area contributed by atoms with Gasteiger partial charge in [0.2, 0.25) is 5.82 Å². The average Bonchev–Trinajstić information content (AvgIpc) is 3.30. The number of carbonyl (C=O) groups is 2. The monoisotopic (exact) mass is 546 g/mol. The van der Waals surface area contributed by atoms with E-state index in [0.717, 1.165) is 49.4 Å². The Kier molecular flexibility index (Phi) is 8.92. The smallest absolute Gasteiger partial charge is 0.291 e. The fourth-order valence-electron chi connectivity index (χ4n) is 5.25. The third-order valence-corrected chi connectivity index (χ3v) is 9.65. The van der Waals surface area contributed by atoms with Gasteiger partial charge in [-0.1, -0.05) is 45.6 Å². The van der Waals surface area contributed by atoms with E-state index < -0.39 is 8.07 Å². The van der Waals surface area contributed by atoms with E-state index in [1.807, 2.05) is 12.1 Å². The molecule has 8 heteroatoms. The van der Waals surface area contributed by atoms with Gasteiger partial charge in [0.1, 0.15) is 18.6 Å². The molecule has 1 aromatic carbocycles. The highest BCUT2D eigenvalue weighted by Gasteiger charge is 2.26. The second-order valence-corrected chi connectivity index (χ2v) is 18.7. The summed E-state index contributed by atoms with van der Waals surface area (Å²) in [4.78, 5) is 29.6. The number of aromatic nitrogens is 2. The van der Waals surface area contributed by atoms with E-state index in [1.165, 1.54) is 11.1 Å². The molecule has 0 saturated heterocycles. The van der Waals surface area contributed by atoms with E-state index >= 15 is 0 Å². The Morgan fingerprint density at radius 2 is 1.97 bits per heavy atom. The maximum atomic E-state index is 13.5. The summed E-state index contributed by atoms with van der Waals surface area (Å²) in [6.07, 6.45) is 9.93. The number of nitrogens with zero attached hydrogens (tertiary/aromatic N) is 3. The predicted molar refractivity (Wildman–Crippen MR) is 157 cm³/mol. The van der Waals surface area contributed by atoms with Crippen LogP contribution in [0.4, 0.5) is 5.69 Å². The van der Waals surface area contributed by atoms with Crippen LogP contribution in [0.5, 0.6) is 0 Å². The SMILES string of the molecule is CC1(C)CC=C(c2cc(C3CCC(=O)CC3)ccc2NC(=O)c2nc(C#N)cn2COCC[Si](C)(C)C)CC1. The molecule has 2 aliphatic carbocycles. The molecule has 0 aliphatic heterocycles. The second-order valence-electron chi connectivity index (χ2n) is 13.0. The highest BCUT2D eigenvalue weighted by Crippen LogP contribution is 2.41. The molecular formula is C31H42N4O3Si. The van der Waals surface area contributed by atoms with Crippen LogP contribution in [0.15, 0.2) is 30.5 Å². The topological polar surface area (TPSA) is 97.0 Å². The summed E-state index contributed by atoms with van der Waals surface area (Å²) >= 11 is 0. The number of nitriles is 1. The van der Waals surface area contributed by atoms with Gasteiger partial charge in [0.15, 0.2) is 5.69 Å². The van der Waals surface area contributed by atoms with Gasteiger partial charge >= 0.3 is 0 Å². The van der Waals surface area contributed by atoms with E-state index in [1.54, 1.807) is 10.8 Å². The number of allylic oxidation sites excluding steroid dienone is 2. The van der Waals surface area contributed by atoms with E-state index in [0.29, 0.717) is 31.1 Å². The number of anilines is 1. The normalized spacial score (nSPS) is 17.9. The molecule has 39 heavy (non-hydrogen) atoms. The van der Waals surface area contributed by atoms with Crippen molar-refractivity contribution in [3.05, 3.63) is 53.1 Å². The van der Waals surface area contributed by atoms with Crippen molar-refractivity contribution < 1.29 is 14.3 Å². The zero-order valence-electron chi connectivity index (χ0n) is 24.1. The molecule has 1 N–H and O–H groups in total. The van der Waals surface area contributed by atoms with Gasteiger partial charge in [-0.05, 0) is 72.8 Å². The van der Waals surface area contributed by atoms with Crippen LogP contribution in [-0.2, 0) is 16.3 Å². The predicted octanol–water partition coefficient (Wildman–Crippen LogP) is 7.14. The Morgan fingerprint density at radius 1 is 1.23 bits per heavy atom. The molecular weight excluding hydrogens is 504 g/mol. The van der Waals surface area contributed by atoms with Crippen molar-refractivity contribution in [1.82, 2.24) is 9.55 Å². The number of imidazole rings is 1. The summed E-state index contributed by atoms with van der Waals surface area (Å²) < 4.78 is 7.48. The van der Waals surface area contributed by atoms with Crippen molar-refractivity contribution in [2.75, 3.05) is 11.9 Å². The number of ether oxygens (including phenoxy) is 1. The van der Waals surface area contributed by atoms with Gasteiger partial charge in [-0.25, -0.2) is 4.98 Å². The maximum absolute atomic E-state index is 13.5. The van der Waals surface area contributed by atoms with Crippen molar-refractivity contribution in [1.29, 1.82) is 5.26 Å². The maximum Gasteiger partial charge on any atom is 0.291 e. The molecule has 7 nitrogen and oxygen atoms in total. The Balaban J connectivity index is 1.59. The zero-order chi connectivity index (χ0) is 28.2. The molecule has 1 aromatic heterocycles. The number of rotatable bonds is 9. The molecule has 1 amide bonds. The largest absolute Gasteiger partial charge is 0.361 e. The molecule has 4 rings (SSSR count). The average molecular weight is 547 g/mol. The first kappa shape index (κ1) is 29.0. The first-order valence-corrected chi connectivity index (χ1v) is 17.9. The minimum Gasteiger partial charge on any atom is -0.361 e. The van der Waals surface area contributed by atoms with E-state index in [2.05, 4.69) is 62.0 Å². The van der Waals surface area contributed by atoms with Crippen LogP contribution in [0, 0.1) is 16.7 Å². The molecule has 1 fully saturated rings. The van der Waals surface area contributed by atoms with Crippen molar-refractivity contribution in [3.63, 3.8) is 0 Å². The Labute approximate surface area is 233 Å². The lowest BCUT2D eigenvalue weighted by Crippen LogP contribution is -2.23. The number of carbonyl (C=O) groups excluding carboxylic acids is 2. The van der Waals surface area contributed by atoms with Crippen LogP contribution < -0.4 is 5.32 Å². The van der Waals surface area contributed by atoms with Crippen molar-refractivity contribution in [3.8, 4) is 6.07 Å². The highest BCUT2D eigenvalue weighted by molar-refractivity contribution is 6.76. The summed E-state index contributed by atoms with van der Waals surface area (Å²) in [7, 11) is -1.24. The zero-order valence-corrected chi connectivity index (χ0v) is 25.1. The molecule has 0 unspecified atom stereocenters. The fourth-order valence-corrected chi connectivity index (χ4v) is 6.01. The van der Waals surface area contributed by atoms with Crippen LogP contribution in [0.2, 0.25) is 25.7 Å². The Hall–Kier alpha value is -3.02. The number of amides is 1. The molecule has 1 saturated carbocycles. The van der Waals surface area contributed by atoms with E-state index in [4.69, 9.17) is 4.74 Å². The van der Waals surface area contributed by atoms with Gasteiger partial charge in [-0.3, -0.25) is 9.59 Å². The molecule has 0 spiro atoms. The number of ketones is 1. The molecule has 0 radical (unpaired) electrons. The first-order chi connectivity index (χ1) is 18.4. The first-order valence-electron chi connectivity index (χ1n) is 14.2. The summed E-state index contributed by atoms with van der Waals surface area (Å²) in [6.45, 7) is 12.2. The number of nitrogens with one attached hydrogen (secondary N) is 1. The minimum atomic E-state index is -1.24.